The molecule has 136 valence electrons. The molecule has 0 spiro atoms. The number of carbonyl (C=O) groups is 1. The van der Waals surface area contributed by atoms with E-state index >= 15 is 0 Å². The van der Waals surface area contributed by atoms with E-state index in [-0.39, 0.29) is 18.3 Å². The average molecular weight is 371 g/mol. The third kappa shape index (κ3) is 4.09. The first-order valence-electron chi connectivity index (χ1n) is 8.81. The highest BCUT2D eigenvalue weighted by atomic mass is 35.5. The Morgan fingerprint density at radius 1 is 1.08 bits per heavy atom. The zero-order valence-corrected chi connectivity index (χ0v) is 15.4. The zero-order valence-electron chi connectivity index (χ0n) is 14.6. The Morgan fingerprint density at radius 2 is 1.92 bits per heavy atom. The minimum absolute atomic E-state index is 0. The molecule has 0 fully saturated rings. The molecule has 1 amide bonds. The van der Waals surface area contributed by atoms with Crippen molar-refractivity contribution in [2.75, 3.05) is 31.6 Å². The van der Waals surface area contributed by atoms with Crippen molar-refractivity contribution in [1.82, 2.24) is 4.90 Å². The molecule has 5 heteroatoms. The van der Waals surface area contributed by atoms with Crippen molar-refractivity contribution in [2.24, 2.45) is 0 Å². The number of nitrogens with zero attached hydrogens (tertiary/aromatic N) is 1. The number of benzene rings is 2. The minimum atomic E-state index is 0. The first kappa shape index (κ1) is 18.5. The normalized spacial score (nSPS) is 16.3. The van der Waals surface area contributed by atoms with Gasteiger partial charge in [-0.05, 0) is 41.3 Å². The van der Waals surface area contributed by atoms with Gasteiger partial charge < -0.3 is 10.1 Å². The topological polar surface area (TPSA) is 41.6 Å². The molecule has 4 nitrogen and oxygen atoms in total. The van der Waals surface area contributed by atoms with E-state index in [0.717, 1.165) is 43.1 Å². The summed E-state index contributed by atoms with van der Waals surface area (Å²) in [5, 5.41) is 2.94. The van der Waals surface area contributed by atoms with Gasteiger partial charge >= 0.3 is 0 Å². The molecule has 4 rings (SSSR count). The summed E-state index contributed by atoms with van der Waals surface area (Å²) < 4.78 is 5.78. The van der Waals surface area contributed by atoms with Crippen molar-refractivity contribution < 1.29 is 9.53 Å². The van der Waals surface area contributed by atoms with Crippen LogP contribution in [0.4, 0.5) is 5.69 Å². The van der Waals surface area contributed by atoms with E-state index in [1.54, 1.807) is 0 Å². The number of halogens is 1. The first-order valence-corrected chi connectivity index (χ1v) is 8.81. The van der Waals surface area contributed by atoms with Crippen LogP contribution in [0.25, 0.3) is 5.57 Å². The van der Waals surface area contributed by atoms with E-state index in [1.807, 2.05) is 42.5 Å². The predicted molar refractivity (Wildman–Crippen MR) is 107 cm³/mol. The van der Waals surface area contributed by atoms with Crippen molar-refractivity contribution in [2.45, 2.75) is 12.8 Å². The molecule has 2 aliphatic heterocycles. The third-order valence-corrected chi connectivity index (χ3v) is 4.85. The van der Waals surface area contributed by atoms with Crippen LogP contribution in [0, 0.1) is 0 Å². The maximum absolute atomic E-state index is 11.7. The summed E-state index contributed by atoms with van der Waals surface area (Å²) in [4.78, 5) is 14.1. The number of ether oxygens (including phenoxy) is 1. The fourth-order valence-electron chi connectivity index (χ4n) is 3.52. The largest absolute Gasteiger partial charge is 0.492 e. The minimum Gasteiger partial charge on any atom is -0.492 e. The van der Waals surface area contributed by atoms with E-state index in [0.29, 0.717) is 13.0 Å². The monoisotopic (exact) mass is 370 g/mol. The fraction of sp³-hybridized carbons (Fsp3) is 0.286. The lowest BCUT2D eigenvalue weighted by Gasteiger charge is -2.27. The van der Waals surface area contributed by atoms with Crippen LogP contribution < -0.4 is 10.1 Å². The van der Waals surface area contributed by atoms with Gasteiger partial charge in [-0.1, -0.05) is 36.4 Å². The highest BCUT2D eigenvalue weighted by Crippen LogP contribution is 2.33. The van der Waals surface area contributed by atoms with Crippen LogP contribution in [0.2, 0.25) is 0 Å². The lowest BCUT2D eigenvalue weighted by molar-refractivity contribution is -0.115. The first-order chi connectivity index (χ1) is 12.3. The molecule has 2 aliphatic rings. The summed E-state index contributed by atoms with van der Waals surface area (Å²) in [7, 11) is 0. The van der Waals surface area contributed by atoms with Gasteiger partial charge in [-0.3, -0.25) is 9.69 Å². The number of anilines is 1. The Hall–Kier alpha value is -2.30. The van der Waals surface area contributed by atoms with Crippen LogP contribution in [-0.2, 0) is 11.2 Å². The van der Waals surface area contributed by atoms with Gasteiger partial charge in [0.25, 0.3) is 0 Å². The van der Waals surface area contributed by atoms with Gasteiger partial charge in [-0.2, -0.15) is 0 Å². The Kier molecular flexibility index (Phi) is 5.96. The van der Waals surface area contributed by atoms with Crippen molar-refractivity contribution in [3.05, 3.63) is 65.7 Å². The Morgan fingerprint density at radius 3 is 2.69 bits per heavy atom. The molecule has 2 heterocycles. The molecule has 26 heavy (non-hydrogen) atoms. The van der Waals surface area contributed by atoms with Crippen LogP contribution >= 0.6 is 12.4 Å². The van der Waals surface area contributed by atoms with E-state index in [4.69, 9.17) is 4.74 Å². The molecule has 0 saturated carbocycles. The molecular formula is C21H23ClN2O2. The number of hydrogen-bond acceptors (Lipinski definition) is 3. The fourth-order valence-corrected chi connectivity index (χ4v) is 3.52. The maximum Gasteiger partial charge on any atom is 0.228 e. The smallest absolute Gasteiger partial charge is 0.228 e. The summed E-state index contributed by atoms with van der Waals surface area (Å²) in [5.41, 5.74) is 4.71. The SMILES string of the molecule is Cl.O=C1Cc2c(cccc2C2=CCN(CCOc3ccccc3)CC2)N1. The number of nitrogens with one attached hydrogen (secondary N) is 1. The van der Waals surface area contributed by atoms with Gasteiger partial charge in [-0.15, -0.1) is 12.4 Å². The van der Waals surface area contributed by atoms with Crippen LogP contribution in [0.15, 0.2) is 54.6 Å². The molecule has 0 radical (unpaired) electrons. The number of rotatable bonds is 5. The highest BCUT2D eigenvalue weighted by molar-refractivity contribution is 6.01. The lowest BCUT2D eigenvalue weighted by atomic mass is 9.93. The molecule has 0 bridgehead atoms. The summed E-state index contributed by atoms with van der Waals surface area (Å²) in [6.45, 7) is 3.57. The molecule has 2 aromatic rings. The molecule has 0 aliphatic carbocycles. The Labute approximate surface area is 160 Å². The van der Waals surface area contributed by atoms with Crippen LogP contribution in [-0.4, -0.2) is 37.0 Å². The Bertz CT molecular complexity index is 805. The quantitative estimate of drug-likeness (QED) is 0.871. The van der Waals surface area contributed by atoms with Crippen molar-refractivity contribution in [3.8, 4) is 5.75 Å². The van der Waals surface area contributed by atoms with Crippen LogP contribution in [0.5, 0.6) is 5.75 Å². The molecular weight excluding hydrogens is 348 g/mol. The lowest BCUT2D eigenvalue weighted by Crippen LogP contribution is -2.32. The van der Waals surface area contributed by atoms with E-state index in [2.05, 4.69) is 22.4 Å². The van der Waals surface area contributed by atoms with Gasteiger partial charge in [0.05, 0.1) is 6.42 Å². The maximum atomic E-state index is 11.7. The third-order valence-electron chi connectivity index (χ3n) is 4.85. The van der Waals surface area contributed by atoms with E-state index < -0.39 is 0 Å². The van der Waals surface area contributed by atoms with E-state index in [1.165, 1.54) is 11.1 Å². The molecule has 0 saturated heterocycles. The van der Waals surface area contributed by atoms with Gasteiger partial charge in [0, 0.05) is 25.3 Å². The predicted octanol–water partition coefficient (Wildman–Crippen LogP) is 3.77. The van der Waals surface area contributed by atoms with Crippen molar-refractivity contribution in [1.29, 1.82) is 0 Å². The summed E-state index contributed by atoms with van der Waals surface area (Å²) in [6, 6.07) is 16.1. The van der Waals surface area contributed by atoms with Gasteiger partial charge in [0.2, 0.25) is 5.91 Å². The molecule has 2 aromatic carbocycles. The van der Waals surface area contributed by atoms with Crippen LogP contribution in [0.3, 0.4) is 0 Å². The van der Waals surface area contributed by atoms with Crippen molar-refractivity contribution in [3.63, 3.8) is 0 Å². The van der Waals surface area contributed by atoms with Gasteiger partial charge in [0.1, 0.15) is 12.4 Å². The summed E-state index contributed by atoms with van der Waals surface area (Å²) in [5.74, 6) is 1.02. The van der Waals surface area contributed by atoms with Crippen LogP contribution in [0.1, 0.15) is 17.5 Å². The molecule has 1 N–H and O–H groups in total. The second kappa shape index (κ2) is 8.39. The second-order valence-corrected chi connectivity index (χ2v) is 6.50. The molecule has 0 atom stereocenters. The number of amides is 1. The number of fused-ring (bicyclic) bond motifs is 1. The van der Waals surface area contributed by atoms with Gasteiger partial charge in [-0.25, -0.2) is 0 Å². The Balaban J connectivity index is 0.00000196. The summed E-state index contributed by atoms with van der Waals surface area (Å²) >= 11 is 0. The number of hydrogen-bond donors (Lipinski definition) is 1. The molecule has 0 unspecified atom stereocenters. The molecule has 0 aromatic heterocycles. The standard InChI is InChI=1S/C21H22N2O2.ClH/c24-21-15-19-18(7-4-8-20(19)22-21)16-9-11-23(12-10-16)13-14-25-17-5-2-1-3-6-17;/h1-9H,10-15H2,(H,22,24);1H. The zero-order chi connectivity index (χ0) is 17.1. The second-order valence-electron chi connectivity index (χ2n) is 6.50. The van der Waals surface area contributed by atoms with E-state index in [9.17, 15) is 4.79 Å². The highest BCUT2D eigenvalue weighted by Gasteiger charge is 2.23. The summed E-state index contributed by atoms with van der Waals surface area (Å²) in [6.07, 6.45) is 3.80. The number of carbonyl (C=O) groups excluding carboxylic acids is 1. The van der Waals surface area contributed by atoms with Gasteiger partial charge in [0.15, 0.2) is 0 Å². The average Bonchev–Trinajstić information content (AvgIpc) is 3.03. The number of para-hydroxylation sites is 1. The van der Waals surface area contributed by atoms with Crippen molar-refractivity contribution >= 4 is 29.6 Å².